The Labute approximate surface area is 119 Å². The van der Waals surface area contributed by atoms with Crippen LogP contribution in [0.4, 0.5) is 5.69 Å². The fraction of sp³-hybridized carbons (Fsp3) is 0.294. The van der Waals surface area contributed by atoms with E-state index < -0.39 is 0 Å². The molecular weight excluding hydrogens is 254 g/mol. The lowest BCUT2D eigenvalue weighted by molar-refractivity contribution is 1.10. The van der Waals surface area contributed by atoms with Crippen molar-refractivity contribution in [2.45, 2.75) is 32.2 Å². The predicted octanol–water partition coefficient (Wildman–Crippen LogP) is 5.14. The van der Waals surface area contributed by atoms with Crippen LogP contribution in [0.1, 0.15) is 35.4 Å². The van der Waals surface area contributed by atoms with Crippen LogP contribution < -0.4 is 5.32 Å². The maximum absolute atomic E-state index is 6.21. The smallest absolute Gasteiger partial charge is 0.0640 e. The molecule has 2 aromatic rings. The summed E-state index contributed by atoms with van der Waals surface area (Å²) >= 11 is 6.21. The predicted molar refractivity (Wildman–Crippen MR) is 81.9 cm³/mol. The van der Waals surface area contributed by atoms with Crippen LogP contribution >= 0.6 is 11.6 Å². The van der Waals surface area contributed by atoms with Gasteiger partial charge in [-0.1, -0.05) is 48.0 Å². The lowest BCUT2D eigenvalue weighted by atomic mass is 10.1. The summed E-state index contributed by atoms with van der Waals surface area (Å²) < 4.78 is 0. The van der Waals surface area contributed by atoms with Crippen molar-refractivity contribution < 1.29 is 0 Å². The van der Waals surface area contributed by atoms with E-state index in [1.54, 1.807) is 0 Å². The second-order valence-corrected chi connectivity index (χ2v) is 5.71. The number of hydrogen-bond donors (Lipinski definition) is 1. The summed E-state index contributed by atoms with van der Waals surface area (Å²) in [6, 6.07) is 14.9. The van der Waals surface area contributed by atoms with E-state index in [1.807, 2.05) is 12.1 Å². The molecule has 1 fully saturated rings. The monoisotopic (exact) mass is 271 g/mol. The molecule has 1 N–H and O–H groups in total. The number of halogens is 1. The largest absolute Gasteiger partial charge is 0.380 e. The normalized spacial score (nSPS) is 14.4. The molecular formula is C17H18ClN. The summed E-state index contributed by atoms with van der Waals surface area (Å²) in [4.78, 5) is 0. The topological polar surface area (TPSA) is 12.0 Å². The van der Waals surface area contributed by atoms with Gasteiger partial charge < -0.3 is 5.32 Å². The number of para-hydroxylation sites is 1. The van der Waals surface area contributed by atoms with Gasteiger partial charge in [0, 0.05) is 6.54 Å². The van der Waals surface area contributed by atoms with Crippen LogP contribution in [0.2, 0.25) is 5.02 Å². The van der Waals surface area contributed by atoms with E-state index in [2.05, 4.69) is 42.6 Å². The molecule has 0 amide bonds. The van der Waals surface area contributed by atoms with Crippen LogP contribution in [0.3, 0.4) is 0 Å². The molecule has 1 nitrogen and oxygen atoms in total. The molecule has 0 aromatic heterocycles. The first-order chi connectivity index (χ1) is 9.24. The van der Waals surface area contributed by atoms with Gasteiger partial charge in [-0.3, -0.25) is 0 Å². The van der Waals surface area contributed by atoms with Crippen molar-refractivity contribution in [1.82, 2.24) is 0 Å². The second kappa shape index (κ2) is 5.26. The zero-order valence-electron chi connectivity index (χ0n) is 11.1. The molecule has 1 aliphatic rings. The van der Waals surface area contributed by atoms with Gasteiger partial charge in [0.25, 0.3) is 0 Å². The average molecular weight is 272 g/mol. The van der Waals surface area contributed by atoms with Crippen LogP contribution in [-0.4, -0.2) is 0 Å². The summed E-state index contributed by atoms with van der Waals surface area (Å²) in [6.07, 6.45) is 2.72. The fourth-order valence-corrected chi connectivity index (χ4v) is 2.66. The molecule has 1 aliphatic carbocycles. The molecule has 0 heterocycles. The van der Waals surface area contributed by atoms with E-state index in [9.17, 15) is 0 Å². The molecule has 0 atom stereocenters. The lowest BCUT2D eigenvalue weighted by Crippen LogP contribution is -2.01. The van der Waals surface area contributed by atoms with Gasteiger partial charge in [-0.25, -0.2) is 0 Å². The molecule has 0 radical (unpaired) electrons. The van der Waals surface area contributed by atoms with Crippen molar-refractivity contribution in [1.29, 1.82) is 0 Å². The number of rotatable bonds is 4. The summed E-state index contributed by atoms with van der Waals surface area (Å²) in [5.41, 5.74) is 5.00. The number of aryl methyl sites for hydroxylation is 1. The quantitative estimate of drug-likeness (QED) is 0.812. The highest BCUT2D eigenvalue weighted by Gasteiger charge is 2.22. The zero-order valence-corrected chi connectivity index (χ0v) is 11.9. The first-order valence-corrected chi connectivity index (χ1v) is 7.19. The average Bonchev–Trinajstić information content (AvgIpc) is 3.23. The summed E-state index contributed by atoms with van der Waals surface area (Å²) in [5, 5.41) is 4.22. The van der Waals surface area contributed by atoms with E-state index in [0.717, 1.165) is 23.2 Å². The van der Waals surface area contributed by atoms with Crippen molar-refractivity contribution in [2.24, 2.45) is 0 Å². The Bertz CT molecular complexity index is 550. The van der Waals surface area contributed by atoms with Crippen molar-refractivity contribution in [3.05, 3.63) is 64.2 Å². The Morgan fingerprint density at radius 1 is 1.11 bits per heavy atom. The minimum Gasteiger partial charge on any atom is -0.380 e. The highest BCUT2D eigenvalue weighted by atomic mass is 35.5. The number of benzene rings is 2. The maximum atomic E-state index is 6.21. The Balaban J connectivity index is 1.68. The van der Waals surface area contributed by atoms with E-state index in [0.29, 0.717) is 0 Å². The molecule has 19 heavy (non-hydrogen) atoms. The molecule has 0 bridgehead atoms. The van der Waals surface area contributed by atoms with Gasteiger partial charge in [-0.15, -0.1) is 0 Å². The van der Waals surface area contributed by atoms with Gasteiger partial charge in [-0.05, 0) is 48.4 Å². The first-order valence-electron chi connectivity index (χ1n) is 6.82. The Morgan fingerprint density at radius 3 is 2.47 bits per heavy atom. The number of nitrogens with one attached hydrogen (secondary N) is 1. The maximum Gasteiger partial charge on any atom is 0.0640 e. The van der Waals surface area contributed by atoms with Gasteiger partial charge in [0.15, 0.2) is 0 Å². The van der Waals surface area contributed by atoms with E-state index >= 15 is 0 Å². The van der Waals surface area contributed by atoms with Crippen molar-refractivity contribution >= 4 is 17.3 Å². The van der Waals surface area contributed by atoms with Gasteiger partial charge in [0.05, 0.1) is 10.7 Å². The van der Waals surface area contributed by atoms with E-state index in [1.165, 1.54) is 29.5 Å². The molecule has 98 valence electrons. The number of anilines is 1. The summed E-state index contributed by atoms with van der Waals surface area (Å²) in [6.45, 7) is 2.89. The highest BCUT2D eigenvalue weighted by Crippen LogP contribution is 2.39. The molecule has 1 saturated carbocycles. The molecule has 2 heteroatoms. The van der Waals surface area contributed by atoms with Crippen LogP contribution in [0.25, 0.3) is 0 Å². The molecule has 0 saturated heterocycles. The molecule has 0 unspecified atom stereocenters. The highest BCUT2D eigenvalue weighted by molar-refractivity contribution is 6.33. The third-order valence-electron chi connectivity index (χ3n) is 3.72. The van der Waals surface area contributed by atoms with Gasteiger partial charge in [0.1, 0.15) is 0 Å². The molecule has 0 aliphatic heterocycles. The van der Waals surface area contributed by atoms with Crippen LogP contribution in [0, 0.1) is 6.92 Å². The van der Waals surface area contributed by atoms with Crippen LogP contribution in [0.15, 0.2) is 42.5 Å². The second-order valence-electron chi connectivity index (χ2n) is 5.30. The third kappa shape index (κ3) is 2.93. The summed E-state index contributed by atoms with van der Waals surface area (Å²) in [5.74, 6) is 0.827. The summed E-state index contributed by atoms with van der Waals surface area (Å²) in [7, 11) is 0. The third-order valence-corrected chi connectivity index (χ3v) is 4.03. The van der Waals surface area contributed by atoms with E-state index in [-0.39, 0.29) is 0 Å². The van der Waals surface area contributed by atoms with Crippen LogP contribution in [-0.2, 0) is 6.54 Å². The van der Waals surface area contributed by atoms with Gasteiger partial charge >= 0.3 is 0 Å². The van der Waals surface area contributed by atoms with Crippen molar-refractivity contribution in [2.75, 3.05) is 5.32 Å². The molecule has 3 rings (SSSR count). The standard InChI is InChI=1S/C17H18ClN/c1-12-3-2-4-16(18)17(12)19-11-13-5-7-14(8-6-13)15-9-10-15/h2-8,15,19H,9-11H2,1H3. The van der Waals surface area contributed by atoms with Crippen LogP contribution in [0.5, 0.6) is 0 Å². The lowest BCUT2D eigenvalue weighted by Gasteiger charge is -2.11. The Morgan fingerprint density at radius 2 is 1.84 bits per heavy atom. The zero-order chi connectivity index (χ0) is 13.2. The fourth-order valence-electron chi connectivity index (χ4n) is 2.37. The minimum atomic E-state index is 0.787. The first kappa shape index (κ1) is 12.6. The van der Waals surface area contributed by atoms with E-state index in [4.69, 9.17) is 11.6 Å². The van der Waals surface area contributed by atoms with Crippen molar-refractivity contribution in [3.8, 4) is 0 Å². The minimum absolute atomic E-state index is 0.787. The Hall–Kier alpha value is -1.47. The van der Waals surface area contributed by atoms with Gasteiger partial charge in [0.2, 0.25) is 0 Å². The van der Waals surface area contributed by atoms with Gasteiger partial charge in [-0.2, -0.15) is 0 Å². The molecule has 0 spiro atoms. The SMILES string of the molecule is Cc1cccc(Cl)c1NCc1ccc(C2CC2)cc1. The molecule has 2 aromatic carbocycles. The number of hydrogen-bond acceptors (Lipinski definition) is 1. The van der Waals surface area contributed by atoms with Crippen molar-refractivity contribution in [3.63, 3.8) is 0 Å². The Kier molecular flexibility index (Phi) is 3.48.